The highest BCUT2D eigenvalue weighted by atomic mass is 16.4. The summed E-state index contributed by atoms with van der Waals surface area (Å²) in [5, 5.41) is 26.0. The van der Waals surface area contributed by atoms with Crippen molar-refractivity contribution < 1.29 is 34.2 Å². The molecule has 0 saturated carbocycles. The van der Waals surface area contributed by atoms with Crippen LogP contribution in [0.2, 0.25) is 0 Å². The van der Waals surface area contributed by atoms with Crippen LogP contribution in [0.25, 0.3) is 0 Å². The van der Waals surface area contributed by atoms with Crippen molar-refractivity contribution in [3.8, 4) is 0 Å². The Balaban J connectivity index is 2.24. The largest absolute Gasteiger partial charge is 0.481 e. The van der Waals surface area contributed by atoms with Crippen LogP contribution in [-0.2, 0) is 36.8 Å². The number of carboxylic acid groups (broad SMARTS) is 2. The van der Waals surface area contributed by atoms with Crippen molar-refractivity contribution in [1.29, 1.82) is 0 Å². The average Bonchev–Trinajstić information content (AvgIpc) is 2.96. The molecule has 2 aromatic rings. The third kappa shape index (κ3) is 13.0. The summed E-state index contributed by atoms with van der Waals surface area (Å²) in [6.07, 6.45) is -0.226. The summed E-state index contributed by atoms with van der Waals surface area (Å²) < 4.78 is 0. The second-order valence-corrected chi connectivity index (χ2v) is 9.89. The molecule has 0 aliphatic heterocycles. The van der Waals surface area contributed by atoms with Crippen molar-refractivity contribution in [1.82, 2.24) is 16.0 Å². The van der Waals surface area contributed by atoms with Gasteiger partial charge >= 0.3 is 11.9 Å². The van der Waals surface area contributed by atoms with Gasteiger partial charge in [0, 0.05) is 19.4 Å². The van der Waals surface area contributed by atoms with E-state index >= 15 is 0 Å². The Kier molecular flexibility index (Phi) is 14.1. The molecule has 0 aliphatic rings. The minimum atomic E-state index is -1.50. The van der Waals surface area contributed by atoms with Crippen molar-refractivity contribution in [2.75, 3.05) is 6.54 Å². The maximum Gasteiger partial charge on any atom is 0.326 e. The molecule has 4 unspecified atom stereocenters. The minimum Gasteiger partial charge on any atom is -0.481 e. The van der Waals surface area contributed by atoms with Crippen LogP contribution in [0, 0.1) is 0 Å². The maximum absolute atomic E-state index is 13.5. The first-order valence-electron chi connectivity index (χ1n) is 13.7. The molecule has 0 fully saturated rings. The standard InChI is InChI=1S/C29H39N7O7/c30-20(16-18-8-3-1-4-9-18)25(39)34-21(12-7-15-33-29(31)32)26(40)36-23(17-19-10-5-2-6-11-19)27(41)35-22(28(42)43)13-14-24(37)38/h1-6,8-11,20-23H,7,12-17,30H2,(H,34,39)(H,35,41)(H,36,40)(H,37,38)(H,42,43)(H4,31,32,33). The van der Waals surface area contributed by atoms with E-state index in [2.05, 4.69) is 20.9 Å². The zero-order valence-corrected chi connectivity index (χ0v) is 23.6. The number of nitrogens with one attached hydrogen (secondary N) is 3. The van der Waals surface area contributed by atoms with Crippen molar-refractivity contribution in [2.45, 2.75) is 62.7 Å². The van der Waals surface area contributed by atoms with Gasteiger partial charge in [0.2, 0.25) is 17.7 Å². The Morgan fingerprint density at radius 2 is 1.21 bits per heavy atom. The third-order valence-electron chi connectivity index (χ3n) is 6.39. The topological polar surface area (TPSA) is 252 Å². The van der Waals surface area contributed by atoms with Crippen molar-refractivity contribution in [2.24, 2.45) is 22.2 Å². The lowest BCUT2D eigenvalue weighted by molar-refractivity contribution is -0.143. The Labute approximate surface area is 249 Å². The number of nitrogens with two attached hydrogens (primary N) is 3. The smallest absolute Gasteiger partial charge is 0.326 e. The number of nitrogens with zero attached hydrogens (tertiary/aromatic N) is 1. The summed E-state index contributed by atoms with van der Waals surface area (Å²) in [4.78, 5) is 66.3. The fourth-order valence-electron chi connectivity index (χ4n) is 4.14. The molecule has 43 heavy (non-hydrogen) atoms. The van der Waals surface area contributed by atoms with E-state index in [4.69, 9.17) is 22.3 Å². The molecule has 14 heteroatoms. The van der Waals surface area contributed by atoms with Crippen LogP contribution in [0.1, 0.15) is 36.8 Å². The number of rotatable bonds is 18. The van der Waals surface area contributed by atoms with Gasteiger partial charge in [0.25, 0.3) is 0 Å². The second kappa shape index (κ2) is 17.7. The Hall–Kier alpha value is -4.98. The first kappa shape index (κ1) is 34.2. The molecule has 0 bridgehead atoms. The van der Waals surface area contributed by atoms with E-state index in [9.17, 15) is 29.1 Å². The number of hydrogen-bond acceptors (Lipinski definition) is 7. The molecule has 14 nitrogen and oxygen atoms in total. The van der Waals surface area contributed by atoms with Gasteiger partial charge < -0.3 is 43.4 Å². The zero-order chi connectivity index (χ0) is 31.8. The number of benzene rings is 2. The van der Waals surface area contributed by atoms with Crippen LogP contribution < -0.4 is 33.2 Å². The van der Waals surface area contributed by atoms with Crippen LogP contribution in [0.15, 0.2) is 65.7 Å². The summed E-state index contributed by atoms with van der Waals surface area (Å²) in [5.41, 5.74) is 18.4. The van der Waals surface area contributed by atoms with E-state index in [1.54, 1.807) is 30.3 Å². The molecule has 0 radical (unpaired) electrons. The summed E-state index contributed by atoms with van der Waals surface area (Å²) in [7, 11) is 0. The molecule has 0 aromatic heterocycles. The monoisotopic (exact) mass is 597 g/mol. The number of aliphatic imine (C=N–C) groups is 1. The molecule has 0 spiro atoms. The Morgan fingerprint density at radius 3 is 1.74 bits per heavy atom. The molecule has 232 valence electrons. The molecule has 11 N–H and O–H groups in total. The molecule has 2 rings (SSSR count). The van der Waals surface area contributed by atoms with Crippen LogP contribution >= 0.6 is 0 Å². The highest BCUT2D eigenvalue weighted by molar-refractivity contribution is 5.94. The molecule has 0 heterocycles. The van der Waals surface area contributed by atoms with Crippen LogP contribution in [-0.4, -0.2) is 76.5 Å². The van der Waals surface area contributed by atoms with E-state index in [1.165, 1.54) is 0 Å². The number of aliphatic carboxylic acids is 2. The van der Waals surface area contributed by atoms with Crippen LogP contribution in [0.3, 0.4) is 0 Å². The van der Waals surface area contributed by atoms with E-state index in [0.29, 0.717) is 12.0 Å². The van der Waals surface area contributed by atoms with E-state index in [1.807, 2.05) is 30.3 Å². The summed E-state index contributed by atoms with van der Waals surface area (Å²) in [5.74, 6) is -4.91. The number of carboxylic acids is 2. The molecular formula is C29H39N7O7. The number of carbonyl (C=O) groups is 5. The fraction of sp³-hybridized carbons (Fsp3) is 0.379. The van der Waals surface area contributed by atoms with Gasteiger partial charge in [-0.3, -0.25) is 24.2 Å². The molecule has 0 aliphatic carbocycles. The van der Waals surface area contributed by atoms with Gasteiger partial charge in [-0.05, 0) is 36.8 Å². The van der Waals surface area contributed by atoms with Gasteiger partial charge in [-0.2, -0.15) is 0 Å². The third-order valence-corrected chi connectivity index (χ3v) is 6.39. The van der Waals surface area contributed by atoms with Crippen LogP contribution in [0.4, 0.5) is 0 Å². The SMILES string of the molecule is NC(N)=NCCCC(NC(=O)C(N)Cc1ccccc1)C(=O)NC(Cc1ccccc1)C(=O)NC(CCC(=O)O)C(=O)O. The van der Waals surface area contributed by atoms with Crippen molar-refractivity contribution >= 4 is 35.6 Å². The first-order valence-corrected chi connectivity index (χ1v) is 13.7. The zero-order valence-electron chi connectivity index (χ0n) is 23.6. The van der Waals surface area contributed by atoms with Gasteiger partial charge in [0.05, 0.1) is 6.04 Å². The van der Waals surface area contributed by atoms with Gasteiger partial charge in [-0.15, -0.1) is 0 Å². The molecule has 3 amide bonds. The Bertz CT molecular complexity index is 1250. The lowest BCUT2D eigenvalue weighted by atomic mass is 10.0. The normalized spacial score (nSPS) is 13.4. The maximum atomic E-state index is 13.5. The second-order valence-electron chi connectivity index (χ2n) is 9.89. The predicted octanol–water partition coefficient (Wildman–Crippen LogP) is -0.743. The molecule has 0 saturated heterocycles. The highest BCUT2D eigenvalue weighted by Gasteiger charge is 2.30. The van der Waals surface area contributed by atoms with Gasteiger partial charge in [0.15, 0.2) is 5.96 Å². The fourth-order valence-corrected chi connectivity index (χ4v) is 4.14. The lowest BCUT2D eigenvalue weighted by Gasteiger charge is -2.25. The van der Waals surface area contributed by atoms with Crippen molar-refractivity contribution in [3.05, 3.63) is 71.8 Å². The first-order chi connectivity index (χ1) is 20.5. The molecular weight excluding hydrogens is 558 g/mol. The number of carbonyl (C=O) groups excluding carboxylic acids is 3. The lowest BCUT2D eigenvalue weighted by Crippen LogP contribution is -2.57. The molecule has 2 aromatic carbocycles. The molecule has 4 atom stereocenters. The Morgan fingerprint density at radius 1 is 0.698 bits per heavy atom. The van der Waals surface area contributed by atoms with E-state index in [-0.39, 0.29) is 38.2 Å². The summed E-state index contributed by atoms with van der Waals surface area (Å²) in [6.45, 7) is 0.176. The van der Waals surface area contributed by atoms with E-state index < -0.39 is 60.2 Å². The van der Waals surface area contributed by atoms with Gasteiger partial charge in [-0.1, -0.05) is 60.7 Å². The van der Waals surface area contributed by atoms with Crippen molar-refractivity contribution in [3.63, 3.8) is 0 Å². The number of amides is 3. The summed E-state index contributed by atoms with van der Waals surface area (Å²) in [6, 6.07) is 12.9. The van der Waals surface area contributed by atoms with Gasteiger partial charge in [0.1, 0.15) is 18.1 Å². The summed E-state index contributed by atoms with van der Waals surface area (Å²) >= 11 is 0. The minimum absolute atomic E-state index is 0.00806. The average molecular weight is 598 g/mol. The number of guanidine groups is 1. The quantitative estimate of drug-likeness (QED) is 0.0606. The van der Waals surface area contributed by atoms with Crippen LogP contribution in [0.5, 0.6) is 0 Å². The van der Waals surface area contributed by atoms with E-state index in [0.717, 1.165) is 5.56 Å². The van der Waals surface area contributed by atoms with Gasteiger partial charge in [-0.25, -0.2) is 4.79 Å². The number of hydrogen-bond donors (Lipinski definition) is 8. The highest BCUT2D eigenvalue weighted by Crippen LogP contribution is 2.08. The predicted molar refractivity (Wildman–Crippen MR) is 158 cm³/mol.